The van der Waals surface area contributed by atoms with Gasteiger partial charge in [0.2, 0.25) is 0 Å². The molecular weight excluding hydrogens is 312 g/mol. The summed E-state index contributed by atoms with van der Waals surface area (Å²) in [7, 11) is 0. The van der Waals surface area contributed by atoms with E-state index in [1.165, 1.54) is 36.6 Å². The summed E-state index contributed by atoms with van der Waals surface area (Å²) >= 11 is 1.93. The second-order valence-corrected chi connectivity index (χ2v) is 9.09. The van der Waals surface area contributed by atoms with Crippen LogP contribution in [0.25, 0.3) is 36.7 Å². The Morgan fingerprint density at radius 3 is 2.71 bits per heavy atom. The molecule has 0 aliphatic rings. The molecule has 2 nitrogen and oxygen atoms in total. The van der Waals surface area contributed by atoms with Crippen LogP contribution in [0.15, 0.2) is 36.5 Å². The van der Waals surface area contributed by atoms with E-state index in [0.29, 0.717) is 0 Å². The Bertz CT molecular complexity index is 1220. The first kappa shape index (κ1) is 14.2. The molecule has 0 aliphatic heterocycles. The molecule has 5 aromatic rings. The maximum Gasteiger partial charge on any atom is 0.145 e. The summed E-state index contributed by atoms with van der Waals surface area (Å²) in [6.45, 7) is 9.02. The Morgan fingerprint density at radius 1 is 1.08 bits per heavy atom. The van der Waals surface area contributed by atoms with Gasteiger partial charge in [0.15, 0.2) is 0 Å². The summed E-state index contributed by atoms with van der Waals surface area (Å²) in [4.78, 5) is 4.79. The van der Waals surface area contributed by atoms with E-state index in [0.717, 1.165) is 17.8 Å². The highest BCUT2D eigenvalue weighted by molar-refractivity contribution is 7.26. The Balaban J connectivity index is 2.03. The molecule has 0 unspecified atom stereocenters. The Hall–Kier alpha value is -2.13. The summed E-state index contributed by atoms with van der Waals surface area (Å²) in [6.07, 6.45) is 3.26. The van der Waals surface area contributed by atoms with Crippen LogP contribution < -0.4 is 0 Å². The minimum atomic E-state index is 0.286. The monoisotopic (exact) mass is 332 g/mol. The van der Waals surface area contributed by atoms with Crippen LogP contribution in [0, 0.1) is 12.3 Å². The second kappa shape index (κ2) is 4.48. The lowest BCUT2D eigenvalue weighted by molar-refractivity contribution is 0.413. The summed E-state index contributed by atoms with van der Waals surface area (Å²) in [5.74, 6) is 0. The first-order valence-electron chi connectivity index (χ1n) is 8.46. The van der Waals surface area contributed by atoms with Gasteiger partial charge in [-0.2, -0.15) is 0 Å². The van der Waals surface area contributed by atoms with E-state index in [9.17, 15) is 0 Å². The number of rotatable bonds is 1. The van der Waals surface area contributed by atoms with Crippen molar-refractivity contribution >= 4 is 48.1 Å². The van der Waals surface area contributed by atoms with E-state index in [1.54, 1.807) is 0 Å². The maximum absolute atomic E-state index is 4.79. The predicted molar refractivity (Wildman–Crippen MR) is 105 cm³/mol. The third-order valence-electron chi connectivity index (χ3n) is 4.75. The molecule has 0 saturated heterocycles. The fraction of sp³-hybridized carbons (Fsp3) is 0.286. The van der Waals surface area contributed by atoms with Gasteiger partial charge in [-0.25, -0.2) is 4.98 Å². The van der Waals surface area contributed by atoms with E-state index in [-0.39, 0.29) is 5.41 Å². The van der Waals surface area contributed by atoms with Crippen molar-refractivity contribution in [1.82, 2.24) is 9.38 Å². The first-order valence-corrected chi connectivity index (χ1v) is 9.28. The van der Waals surface area contributed by atoms with E-state index < -0.39 is 0 Å². The van der Waals surface area contributed by atoms with Crippen LogP contribution >= 0.6 is 11.3 Å². The molecule has 0 fully saturated rings. The van der Waals surface area contributed by atoms with E-state index in [2.05, 4.69) is 68.6 Å². The number of fused-ring (bicyclic) bond motifs is 3. The number of hydrogen-bond acceptors (Lipinski definition) is 2. The van der Waals surface area contributed by atoms with Gasteiger partial charge in [0.25, 0.3) is 0 Å². The highest BCUT2D eigenvalue weighted by Gasteiger charge is 2.21. The van der Waals surface area contributed by atoms with Crippen LogP contribution in [-0.4, -0.2) is 9.38 Å². The molecule has 0 aliphatic carbocycles. The molecule has 2 aromatic carbocycles. The van der Waals surface area contributed by atoms with Crippen molar-refractivity contribution < 1.29 is 0 Å². The highest BCUT2D eigenvalue weighted by Crippen LogP contribution is 2.44. The number of nitrogens with zero attached hydrogens (tertiary/aromatic N) is 2. The minimum Gasteiger partial charge on any atom is -0.299 e. The van der Waals surface area contributed by atoms with Crippen molar-refractivity contribution in [3.63, 3.8) is 0 Å². The van der Waals surface area contributed by atoms with Gasteiger partial charge in [-0.05, 0) is 36.5 Å². The highest BCUT2D eigenvalue weighted by atomic mass is 32.1. The quantitative estimate of drug-likeness (QED) is 0.334. The summed E-state index contributed by atoms with van der Waals surface area (Å²) < 4.78 is 5.09. The molecule has 3 heterocycles. The molecule has 0 radical (unpaired) electrons. The Labute approximate surface area is 145 Å². The minimum absolute atomic E-state index is 0.286. The van der Waals surface area contributed by atoms with E-state index in [4.69, 9.17) is 4.98 Å². The lowest BCUT2D eigenvalue weighted by atomic mass is 9.87. The standard InChI is InChI=1S/C21H20N2S/c1-12-11-23-15-9-8-13(10-21(2,3)4)19-18(15)17-14(20(23)22-12)6-5-7-16(17)24-19/h5-9,11H,10H2,1-4H3. The number of benzene rings is 2. The lowest BCUT2D eigenvalue weighted by Crippen LogP contribution is -2.09. The van der Waals surface area contributed by atoms with Crippen molar-refractivity contribution in [2.24, 2.45) is 5.41 Å². The molecule has 5 rings (SSSR count). The number of aromatic nitrogens is 2. The number of imidazole rings is 1. The van der Waals surface area contributed by atoms with Crippen LogP contribution in [0.5, 0.6) is 0 Å². The Morgan fingerprint density at radius 2 is 1.92 bits per heavy atom. The van der Waals surface area contributed by atoms with Crippen LogP contribution in [0.3, 0.4) is 0 Å². The van der Waals surface area contributed by atoms with Gasteiger partial charge in [0, 0.05) is 31.8 Å². The van der Waals surface area contributed by atoms with Crippen molar-refractivity contribution in [3.05, 3.63) is 47.8 Å². The molecular formula is C21H20N2S. The molecule has 24 heavy (non-hydrogen) atoms. The molecule has 3 aromatic heterocycles. The van der Waals surface area contributed by atoms with Gasteiger partial charge < -0.3 is 0 Å². The normalized spacial score (nSPS) is 13.2. The average Bonchev–Trinajstić information content (AvgIpc) is 3.07. The Kier molecular flexibility index (Phi) is 2.66. The smallest absolute Gasteiger partial charge is 0.145 e. The molecule has 3 heteroatoms. The van der Waals surface area contributed by atoms with Crippen LogP contribution in [0.2, 0.25) is 0 Å². The van der Waals surface area contributed by atoms with Gasteiger partial charge in [0.05, 0.1) is 11.2 Å². The number of hydrogen-bond donors (Lipinski definition) is 0. The molecule has 0 atom stereocenters. The third-order valence-corrected chi connectivity index (χ3v) is 5.98. The van der Waals surface area contributed by atoms with Gasteiger partial charge >= 0.3 is 0 Å². The van der Waals surface area contributed by atoms with Gasteiger partial charge in [-0.1, -0.05) is 39.0 Å². The number of aryl methyl sites for hydroxylation is 1. The SMILES string of the molecule is Cc1cn2c3ccc(CC(C)(C)C)c4sc5cccc(c5c43)c2n1. The molecule has 120 valence electrons. The summed E-state index contributed by atoms with van der Waals surface area (Å²) in [5, 5.41) is 4.07. The predicted octanol–water partition coefficient (Wildman–Crippen LogP) is 6.19. The molecule has 0 N–H and O–H groups in total. The zero-order valence-corrected chi connectivity index (χ0v) is 15.3. The second-order valence-electron chi connectivity index (χ2n) is 8.04. The van der Waals surface area contributed by atoms with Crippen molar-refractivity contribution in [1.29, 1.82) is 0 Å². The molecule has 0 bridgehead atoms. The largest absolute Gasteiger partial charge is 0.299 e. The van der Waals surface area contributed by atoms with Crippen molar-refractivity contribution in [2.75, 3.05) is 0 Å². The van der Waals surface area contributed by atoms with Crippen LogP contribution in [0.4, 0.5) is 0 Å². The molecule has 0 amide bonds. The third kappa shape index (κ3) is 1.85. The zero-order chi connectivity index (χ0) is 16.6. The van der Waals surface area contributed by atoms with Gasteiger partial charge in [-0.3, -0.25) is 4.40 Å². The lowest BCUT2D eigenvalue weighted by Gasteiger charge is -2.19. The maximum atomic E-state index is 4.79. The van der Waals surface area contributed by atoms with Crippen LogP contribution in [0.1, 0.15) is 32.0 Å². The summed E-state index contributed by atoms with van der Waals surface area (Å²) in [6, 6.07) is 11.2. The number of pyridine rings is 1. The van der Waals surface area contributed by atoms with Crippen LogP contribution in [-0.2, 0) is 6.42 Å². The fourth-order valence-electron chi connectivity index (χ4n) is 3.93. The zero-order valence-electron chi connectivity index (χ0n) is 14.5. The molecule has 0 spiro atoms. The van der Waals surface area contributed by atoms with E-state index >= 15 is 0 Å². The summed E-state index contributed by atoms with van der Waals surface area (Å²) in [5.41, 5.74) is 5.18. The average molecular weight is 332 g/mol. The number of thiophene rings is 1. The fourth-order valence-corrected chi connectivity index (χ4v) is 5.19. The molecule has 0 saturated carbocycles. The first-order chi connectivity index (χ1) is 11.4. The van der Waals surface area contributed by atoms with Crippen molar-refractivity contribution in [2.45, 2.75) is 34.1 Å². The van der Waals surface area contributed by atoms with Gasteiger partial charge in [0.1, 0.15) is 5.65 Å². The van der Waals surface area contributed by atoms with Gasteiger partial charge in [-0.15, -0.1) is 11.3 Å². The van der Waals surface area contributed by atoms with Crippen molar-refractivity contribution in [3.8, 4) is 0 Å². The van der Waals surface area contributed by atoms with E-state index in [1.807, 2.05) is 11.3 Å². The topological polar surface area (TPSA) is 17.3 Å².